The Bertz CT molecular complexity index is 2030. The van der Waals surface area contributed by atoms with E-state index in [1.54, 1.807) is 18.3 Å². The lowest BCUT2D eigenvalue weighted by atomic mass is 10.1. The highest BCUT2D eigenvalue weighted by atomic mass is 16.7. The number of aromatic nitrogens is 2. The van der Waals surface area contributed by atoms with Crippen LogP contribution in [0.25, 0.3) is 16.6 Å². The molecule has 3 aromatic heterocycles. The number of benzene rings is 3. The summed E-state index contributed by atoms with van der Waals surface area (Å²) in [5.74, 6) is 2.47. The van der Waals surface area contributed by atoms with Crippen molar-refractivity contribution in [1.82, 2.24) is 14.6 Å². The molecule has 0 unspecified atom stereocenters. The minimum Gasteiger partial charge on any atom is -0.486 e. The van der Waals surface area contributed by atoms with E-state index in [0.29, 0.717) is 18.1 Å². The van der Waals surface area contributed by atoms with Crippen LogP contribution in [0.5, 0.6) is 17.2 Å². The van der Waals surface area contributed by atoms with E-state index in [0.717, 1.165) is 44.9 Å². The van der Waals surface area contributed by atoms with E-state index in [9.17, 15) is 4.79 Å². The number of amides is 1. The molecule has 1 N–H and O–H groups in total. The molecule has 0 spiro atoms. The zero-order valence-electron chi connectivity index (χ0n) is 25.2. The first kappa shape index (κ1) is 28.1. The van der Waals surface area contributed by atoms with Gasteiger partial charge in [0.05, 0.1) is 6.21 Å². The molecule has 9 heteroatoms. The van der Waals surface area contributed by atoms with E-state index >= 15 is 0 Å². The maximum atomic E-state index is 12.8. The van der Waals surface area contributed by atoms with Crippen molar-refractivity contribution in [2.45, 2.75) is 33.9 Å². The summed E-state index contributed by atoms with van der Waals surface area (Å²) in [4.78, 5) is 12.8. The van der Waals surface area contributed by atoms with Crippen molar-refractivity contribution < 1.29 is 23.4 Å². The third kappa shape index (κ3) is 5.56. The van der Waals surface area contributed by atoms with Gasteiger partial charge in [-0.1, -0.05) is 24.3 Å². The molecule has 1 aliphatic rings. The van der Waals surface area contributed by atoms with Gasteiger partial charge in [-0.3, -0.25) is 4.79 Å². The van der Waals surface area contributed by atoms with Crippen LogP contribution in [0.1, 0.15) is 44.5 Å². The minimum atomic E-state index is -0.443. The standard InChI is InChI=1S/C36H32N4O5/c1-23-8-9-24(2)40(23)27-11-13-28(14-12-27)42-21-29-15-17-34(45-29)36(41)38-37-19-31-25(3)39(32-7-5-4-6-30(31)32)20-26-10-16-33-35(18-26)44-22-43-33/h4-19H,20-22H2,1-3H3,(H,38,41)/b37-19+. The van der Waals surface area contributed by atoms with Crippen LogP contribution in [-0.2, 0) is 13.2 Å². The fourth-order valence-electron chi connectivity index (χ4n) is 5.76. The quantitative estimate of drug-likeness (QED) is 0.142. The lowest BCUT2D eigenvalue weighted by molar-refractivity contribution is 0.0923. The monoisotopic (exact) mass is 600 g/mol. The number of hydrogen-bond acceptors (Lipinski definition) is 6. The number of carbonyl (C=O) groups excluding carboxylic acids is 1. The summed E-state index contributed by atoms with van der Waals surface area (Å²) in [6, 6.07) is 29.6. The van der Waals surface area contributed by atoms with Gasteiger partial charge in [0, 0.05) is 45.8 Å². The van der Waals surface area contributed by atoms with Gasteiger partial charge in [0.1, 0.15) is 18.1 Å². The van der Waals surface area contributed by atoms with Gasteiger partial charge < -0.3 is 27.8 Å². The van der Waals surface area contributed by atoms with Crippen LogP contribution in [0.15, 0.2) is 101 Å². The molecule has 4 heterocycles. The van der Waals surface area contributed by atoms with E-state index in [1.807, 2.05) is 61.5 Å². The normalized spacial score (nSPS) is 12.3. The average molecular weight is 601 g/mol. The van der Waals surface area contributed by atoms with Crippen molar-refractivity contribution >= 4 is 23.0 Å². The van der Waals surface area contributed by atoms with Crippen molar-refractivity contribution in [3.63, 3.8) is 0 Å². The van der Waals surface area contributed by atoms with Crippen molar-refractivity contribution in [3.8, 4) is 22.9 Å². The summed E-state index contributed by atoms with van der Waals surface area (Å²) in [7, 11) is 0. The third-order valence-electron chi connectivity index (χ3n) is 8.05. The largest absolute Gasteiger partial charge is 0.486 e. The molecule has 1 aliphatic heterocycles. The molecule has 0 atom stereocenters. The Morgan fingerprint density at radius 2 is 1.69 bits per heavy atom. The minimum absolute atomic E-state index is 0.154. The molecule has 9 nitrogen and oxygen atoms in total. The first-order chi connectivity index (χ1) is 21.9. The molecule has 0 saturated heterocycles. The molecule has 226 valence electrons. The Morgan fingerprint density at radius 1 is 0.911 bits per heavy atom. The van der Waals surface area contributed by atoms with Crippen LogP contribution >= 0.6 is 0 Å². The lowest BCUT2D eigenvalue weighted by Crippen LogP contribution is -2.16. The van der Waals surface area contributed by atoms with E-state index in [1.165, 1.54) is 11.4 Å². The summed E-state index contributed by atoms with van der Waals surface area (Å²) in [6.07, 6.45) is 1.68. The Balaban J connectivity index is 0.997. The van der Waals surface area contributed by atoms with Gasteiger partial charge in [-0.15, -0.1) is 0 Å². The Hall–Kier alpha value is -5.70. The Labute approximate surface area is 260 Å². The number of aryl methyl sites for hydroxylation is 2. The summed E-state index contributed by atoms with van der Waals surface area (Å²) >= 11 is 0. The maximum absolute atomic E-state index is 12.8. The van der Waals surface area contributed by atoms with Gasteiger partial charge in [0.25, 0.3) is 0 Å². The zero-order valence-corrected chi connectivity index (χ0v) is 25.2. The van der Waals surface area contributed by atoms with Crippen molar-refractivity contribution in [3.05, 3.63) is 131 Å². The van der Waals surface area contributed by atoms with E-state index in [4.69, 9.17) is 18.6 Å². The highest BCUT2D eigenvalue weighted by Crippen LogP contribution is 2.34. The van der Waals surface area contributed by atoms with Crippen LogP contribution in [0.3, 0.4) is 0 Å². The highest BCUT2D eigenvalue weighted by molar-refractivity contribution is 6.01. The lowest BCUT2D eigenvalue weighted by Gasteiger charge is -2.10. The number of rotatable bonds is 9. The van der Waals surface area contributed by atoms with Crippen LogP contribution < -0.4 is 19.6 Å². The molecule has 3 aromatic carbocycles. The van der Waals surface area contributed by atoms with E-state index < -0.39 is 5.91 Å². The highest BCUT2D eigenvalue weighted by Gasteiger charge is 2.17. The predicted octanol–water partition coefficient (Wildman–Crippen LogP) is 7.07. The number of carbonyl (C=O) groups is 1. The first-order valence-corrected chi connectivity index (χ1v) is 14.7. The zero-order chi connectivity index (χ0) is 30.9. The Kier molecular flexibility index (Phi) is 7.34. The van der Waals surface area contributed by atoms with Crippen LogP contribution in [0.4, 0.5) is 0 Å². The fourth-order valence-corrected chi connectivity index (χ4v) is 5.76. The molecule has 0 bridgehead atoms. The van der Waals surface area contributed by atoms with E-state index in [-0.39, 0.29) is 19.2 Å². The van der Waals surface area contributed by atoms with Gasteiger partial charge in [-0.2, -0.15) is 5.10 Å². The molecule has 6 aromatic rings. The number of nitrogens with one attached hydrogen (secondary N) is 1. The van der Waals surface area contributed by atoms with Gasteiger partial charge >= 0.3 is 5.91 Å². The van der Waals surface area contributed by atoms with Crippen LogP contribution in [-0.4, -0.2) is 28.0 Å². The molecule has 1 amide bonds. The number of para-hydroxylation sites is 1. The molecule has 0 saturated carbocycles. The smallest absolute Gasteiger partial charge is 0.307 e. The first-order valence-electron chi connectivity index (χ1n) is 14.7. The van der Waals surface area contributed by atoms with Gasteiger partial charge in [0.2, 0.25) is 6.79 Å². The number of ether oxygens (including phenoxy) is 3. The molecule has 7 rings (SSSR count). The van der Waals surface area contributed by atoms with E-state index in [2.05, 4.69) is 57.8 Å². The van der Waals surface area contributed by atoms with Crippen LogP contribution in [0.2, 0.25) is 0 Å². The van der Waals surface area contributed by atoms with Gasteiger partial charge in [-0.05, 0) is 93.1 Å². The SMILES string of the molecule is Cc1ccc(C)n1-c1ccc(OCc2ccc(C(=O)N/N=C/c3c(C)n(Cc4ccc5c(c4)OCO5)c4ccccc34)o2)cc1. The van der Waals surface area contributed by atoms with Gasteiger partial charge in [-0.25, -0.2) is 5.43 Å². The topological polar surface area (TPSA) is 92.2 Å². The second-order valence-corrected chi connectivity index (χ2v) is 11.0. The summed E-state index contributed by atoms with van der Waals surface area (Å²) < 4.78 is 27.1. The summed E-state index contributed by atoms with van der Waals surface area (Å²) in [5, 5.41) is 5.31. The third-order valence-corrected chi connectivity index (χ3v) is 8.05. The molecule has 0 fully saturated rings. The summed E-state index contributed by atoms with van der Waals surface area (Å²) in [5.41, 5.74) is 10.1. The van der Waals surface area contributed by atoms with Crippen LogP contribution in [0, 0.1) is 20.8 Å². The Morgan fingerprint density at radius 3 is 2.51 bits per heavy atom. The summed E-state index contributed by atoms with van der Waals surface area (Å²) in [6.45, 7) is 7.29. The maximum Gasteiger partial charge on any atom is 0.307 e. The number of hydrogen-bond donors (Lipinski definition) is 1. The fraction of sp³-hybridized carbons (Fsp3) is 0.167. The molecule has 0 radical (unpaired) electrons. The van der Waals surface area contributed by atoms with Gasteiger partial charge in [0.15, 0.2) is 17.3 Å². The second kappa shape index (κ2) is 11.8. The van der Waals surface area contributed by atoms with Crippen molar-refractivity contribution in [2.75, 3.05) is 6.79 Å². The number of fused-ring (bicyclic) bond motifs is 2. The van der Waals surface area contributed by atoms with Crippen molar-refractivity contribution in [1.29, 1.82) is 0 Å². The number of furan rings is 1. The number of hydrazone groups is 1. The van der Waals surface area contributed by atoms with Crippen molar-refractivity contribution in [2.24, 2.45) is 5.10 Å². The molecule has 0 aliphatic carbocycles. The molecular formula is C36H32N4O5. The predicted molar refractivity (Wildman–Crippen MR) is 172 cm³/mol. The molecular weight excluding hydrogens is 568 g/mol. The molecule has 45 heavy (non-hydrogen) atoms. The average Bonchev–Trinajstić information content (AvgIpc) is 3.84. The second-order valence-electron chi connectivity index (χ2n) is 11.0. The number of nitrogens with zero attached hydrogens (tertiary/aromatic N) is 3.